The van der Waals surface area contributed by atoms with Crippen molar-refractivity contribution in [3.8, 4) is 0 Å². The Morgan fingerprint density at radius 2 is 2.28 bits per heavy atom. The maximum atomic E-state index is 4.27. The molecule has 1 aromatic heterocycles. The Morgan fingerprint density at radius 1 is 1.39 bits per heavy atom. The van der Waals surface area contributed by atoms with Gasteiger partial charge in [0.05, 0.1) is 0 Å². The lowest BCUT2D eigenvalue weighted by Crippen LogP contribution is -2.25. The van der Waals surface area contributed by atoms with Crippen molar-refractivity contribution in [2.24, 2.45) is 0 Å². The lowest BCUT2D eigenvalue weighted by atomic mass is 10.0. The van der Waals surface area contributed by atoms with E-state index in [1.54, 1.807) is 11.3 Å². The van der Waals surface area contributed by atoms with Crippen molar-refractivity contribution in [2.75, 3.05) is 0 Å². The van der Waals surface area contributed by atoms with Crippen LogP contribution < -0.4 is 5.32 Å². The quantitative estimate of drug-likeness (QED) is 0.859. The summed E-state index contributed by atoms with van der Waals surface area (Å²) in [5.41, 5.74) is 2.77. The van der Waals surface area contributed by atoms with Crippen molar-refractivity contribution in [1.82, 2.24) is 10.3 Å². The summed E-state index contributed by atoms with van der Waals surface area (Å²) < 4.78 is 0. The van der Waals surface area contributed by atoms with Gasteiger partial charge in [0.1, 0.15) is 5.01 Å². The summed E-state index contributed by atoms with van der Waals surface area (Å²) in [6.07, 6.45) is 4.15. The van der Waals surface area contributed by atoms with Crippen LogP contribution in [0.5, 0.6) is 0 Å². The standard InChI is InChI=1S/C15H20N2S/c1-12-4-3-5-14(10-12)7-6-13(2)17-11-15-16-8-9-18-15/h3-5,8-10,13,17H,6-7,11H2,1-2H3. The molecule has 2 nitrogen and oxygen atoms in total. The number of thiazole rings is 1. The minimum atomic E-state index is 0.523. The highest BCUT2D eigenvalue weighted by Crippen LogP contribution is 2.09. The van der Waals surface area contributed by atoms with E-state index in [2.05, 4.69) is 48.4 Å². The molecule has 0 saturated heterocycles. The first-order chi connectivity index (χ1) is 8.74. The van der Waals surface area contributed by atoms with E-state index in [0.29, 0.717) is 6.04 Å². The molecule has 0 aliphatic heterocycles. The lowest BCUT2D eigenvalue weighted by molar-refractivity contribution is 0.513. The highest BCUT2D eigenvalue weighted by Gasteiger charge is 2.03. The van der Waals surface area contributed by atoms with E-state index >= 15 is 0 Å². The maximum Gasteiger partial charge on any atom is 0.106 e. The number of hydrogen-bond donors (Lipinski definition) is 1. The molecule has 0 spiro atoms. The second kappa shape index (κ2) is 6.66. The summed E-state index contributed by atoms with van der Waals surface area (Å²) in [6.45, 7) is 5.27. The first-order valence-corrected chi connectivity index (χ1v) is 7.29. The SMILES string of the molecule is Cc1cccc(CCC(C)NCc2nccs2)c1. The Bertz CT molecular complexity index is 465. The normalized spacial score (nSPS) is 12.6. The Kier molecular flexibility index (Phi) is 4.90. The molecule has 0 amide bonds. The Hall–Kier alpha value is -1.19. The van der Waals surface area contributed by atoms with Crippen molar-refractivity contribution in [2.45, 2.75) is 39.3 Å². The predicted molar refractivity (Wildman–Crippen MR) is 77.9 cm³/mol. The van der Waals surface area contributed by atoms with Crippen LogP contribution in [0.4, 0.5) is 0 Å². The van der Waals surface area contributed by atoms with Gasteiger partial charge in [-0.3, -0.25) is 0 Å². The highest BCUT2D eigenvalue weighted by molar-refractivity contribution is 7.09. The number of aromatic nitrogens is 1. The molecule has 3 heteroatoms. The summed E-state index contributed by atoms with van der Waals surface area (Å²) >= 11 is 1.71. The molecule has 1 atom stereocenters. The van der Waals surface area contributed by atoms with Gasteiger partial charge in [-0.05, 0) is 32.3 Å². The van der Waals surface area contributed by atoms with Crippen LogP contribution in [-0.2, 0) is 13.0 Å². The molecular formula is C15H20N2S. The zero-order valence-electron chi connectivity index (χ0n) is 11.0. The number of benzene rings is 1. The van der Waals surface area contributed by atoms with Gasteiger partial charge in [-0.25, -0.2) is 4.98 Å². The summed E-state index contributed by atoms with van der Waals surface area (Å²) in [7, 11) is 0. The molecule has 0 fully saturated rings. The predicted octanol–water partition coefficient (Wildman–Crippen LogP) is 3.56. The summed E-state index contributed by atoms with van der Waals surface area (Å²) in [5, 5.41) is 6.70. The fraction of sp³-hybridized carbons (Fsp3) is 0.400. The van der Waals surface area contributed by atoms with Crippen LogP contribution in [0.2, 0.25) is 0 Å². The second-order valence-electron chi connectivity index (χ2n) is 4.74. The third kappa shape index (κ3) is 4.24. The Balaban J connectivity index is 1.73. The second-order valence-corrected chi connectivity index (χ2v) is 5.71. The number of nitrogens with one attached hydrogen (secondary N) is 1. The third-order valence-corrected chi connectivity index (χ3v) is 3.81. The van der Waals surface area contributed by atoms with Gasteiger partial charge in [-0.2, -0.15) is 0 Å². The fourth-order valence-corrected chi connectivity index (χ4v) is 2.52. The van der Waals surface area contributed by atoms with Crippen LogP contribution in [0.25, 0.3) is 0 Å². The fourth-order valence-electron chi connectivity index (χ4n) is 1.95. The van der Waals surface area contributed by atoms with E-state index < -0.39 is 0 Å². The summed E-state index contributed by atoms with van der Waals surface area (Å²) in [4.78, 5) is 4.27. The van der Waals surface area contributed by atoms with Crippen LogP contribution in [0.15, 0.2) is 35.8 Å². The lowest BCUT2D eigenvalue weighted by Gasteiger charge is -2.12. The number of nitrogens with zero attached hydrogens (tertiary/aromatic N) is 1. The first-order valence-electron chi connectivity index (χ1n) is 6.41. The molecule has 18 heavy (non-hydrogen) atoms. The summed E-state index contributed by atoms with van der Waals surface area (Å²) in [5.74, 6) is 0. The molecule has 0 bridgehead atoms. The van der Waals surface area contributed by atoms with Gasteiger partial charge >= 0.3 is 0 Å². The van der Waals surface area contributed by atoms with E-state index in [1.807, 2.05) is 11.6 Å². The van der Waals surface area contributed by atoms with E-state index in [1.165, 1.54) is 11.1 Å². The monoisotopic (exact) mass is 260 g/mol. The molecule has 0 aliphatic rings. The van der Waals surface area contributed by atoms with Crippen molar-refractivity contribution in [3.63, 3.8) is 0 Å². The minimum absolute atomic E-state index is 0.523. The van der Waals surface area contributed by atoms with Gasteiger partial charge in [0, 0.05) is 24.2 Å². The minimum Gasteiger partial charge on any atom is -0.308 e. The van der Waals surface area contributed by atoms with E-state index in [4.69, 9.17) is 0 Å². The van der Waals surface area contributed by atoms with E-state index in [9.17, 15) is 0 Å². The third-order valence-electron chi connectivity index (χ3n) is 3.03. The molecule has 1 unspecified atom stereocenters. The van der Waals surface area contributed by atoms with Crippen LogP contribution >= 0.6 is 11.3 Å². The van der Waals surface area contributed by atoms with Gasteiger partial charge < -0.3 is 5.32 Å². The van der Waals surface area contributed by atoms with Crippen LogP contribution in [0.1, 0.15) is 29.5 Å². The molecular weight excluding hydrogens is 240 g/mol. The molecule has 96 valence electrons. The summed E-state index contributed by atoms with van der Waals surface area (Å²) in [6, 6.07) is 9.29. The van der Waals surface area contributed by atoms with Gasteiger partial charge in [0.25, 0.3) is 0 Å². The maximum absolute atomic E-state index is 4.27. The first kappa shape index (κ1) is 13.2. The van der Waals surface area contributed by atoms with Crippen molar-refractivity contribution >= 4 is 11.3 Å². The van der Waals surface area contributed by atoms with Gasteiger partial charge in [0.2, 0.25) is 0 Å². The molecule has 2 aromatic rings. The largest absolute Gasteiger partial charge is 0.308 e. The van der Waals surface area contributed by atoms with E-state index in [-0.39, 0.29) is 0 Å². The molecule has 0 aliphatic carbocycles. The smallest absolute Gasteiger partial charge is 0.106 e. The van der Waals surface area contributed by atoms with Crippen LogP contribution in [0.3, 0.4) is 0 Å². The van der Waals surface area contributed by atoms with Gasteiger partial charge in [-0.1, -0.05) is 29.8 Å². The topological polar surface area (TPSA) is 24.9 Å². The zero-order chi connectivity index (χ0) is 12.8. The number of rotatable bonds is 6. The Labute approximate surface area is 113 Å². The van der Waals surface area contributed by atoms with Crippen molar-refractivity contribution in [3.05, 3.63) is 52.0 Å². The van der Waals surface area contributed by atoms with Gasteiger partial charge in [-0.15, -0.1) is 11.3 Å². The highest BCUT2D eigenvalue weighted by atomic mass is 32.1. The molecule has 1 heterocycles. The molecule has 0 radical (unpaired) electrons. The average molecular weight is 260 g/mol. The molecule has 2 rings (SSSR count). The van der Waals surface area contributed by atoms with Crippen molar-refractivity contribution in [1.29, 1.82) is 0 Å². The van der Waals surface area contributed by atoms with Crippen LogP contribution in [-0.4, -0.2) is 11.0 Å². The number of hydrogen-bond acceptors (Lipinski definition) is 3. The molecule has 1 aromatic carbocycles. The zero-order valence-corrected chi connectivity index (χ0v) is 11.8. The van der Waals surface area contributed by atoms with E-state index in [0.717, 1.165) is 24.4 Å². The average Bonchev–Trinajstić information content (AvgIpc) is 2.87. The molecule has 0 saturated carbocycles. The number of aryl methyl sites for hydroxylation is 2. The van der Waals surface area contributed by atoms with Gasteiger partial charge in [0.15, 0.2) is 0 Å². The van der Waals surface area contributed by atoms with Crippen LogP contribution in [0, 0.1) is 6.92 Å². The van der Waals surface area contributed by atoms with Crippen molar-refractivity contribution < 1.29 is 0 Å². The molecule has 1 N–H and O–H groups in total. The Morgan fingerprint density at radius 3 is 3.00 bits per heavy atom.